The fourth-order valence-electron chi connectivity index (χ4n) is 5.50. The quantitative estimate of drug-likeness (QED) is 0.448. The van der Waals surface area contributed by atoms with Crippen molar-refractivity contribution in [3.63, 3.8) is 0 Å². The molecule has 0 N–H and O–H groups in total. The largest absolute Gasteiger partial charge is 0.206 e. The topological polar surface area (TPSA) is 0 Å². The van der Waals surface area contributed by atoms with E-state index in [-0.39, 0.29) is 11.4 Å². The Morgan fingerprint density at radius 1 is 0.839 bits per heavy atom. The maximum absolute atomic E-state index is 15.0. The smallest absolute Gasteiger partial charge is 0.166 e. The summed E-state index contributed by atoms with van der Waals surface area (Å²) in [5.41, 5.74) is 2.52. The highest BCUT2D eigenvalue weighted by Crippen LogP contribution is 2.41. The van der Waals surface area contributed by atoms with E-state index in [1.54, 1.807) is 24.3 Å². The van der Waals surface area contributed by atoms with E-state index in [2.05, 4.69) is 13.0 Å². The predicted molar refractivity (Wildman–Crippen MR) is 122 cm³/mol. The summed E-state index contributed by atoms with van der Waals surface area (Å²) < 4.78 is 43.9. The lowest BCUT2D eigenvalue weighted by atomic mass is 9.71. The molecule has 0 aliphatic heterocycles. The maximum Gasteiger partial charge on any atom is 0.166 e. The van der Waals surface area contributed by atoms with Crippen molar-refractivity contribution in [2.75, 3.05) is 0 Å². The van der Waals surface area contributed by atoms with E-state index < -0.39 is 11.6 Å². The van der Waals surface area contributed by atoms with Gasteiger partial charge in [-0.3, -0.25) is 0 Å². The van der Waals surface area contributed by atoms with Crippen LogP contribution in [0, 0.1) is 35.2 Å². The summed E-state index contributed by atoms with van der Waals surface area (Å²) >= 11 is 0. The van der Waals surface area contributed by atoms with Crippen LogP contribution in [-0.4, -0.2) is 0 Å². The number of hydrogen-bond acceptors (Lipinski definition) is 0. The van der Waals surface area contributed by atoms with Gasteiger partial charge in [-0.05, 0) is 79.0 Å². The van der Waals surface area contributed by atoms with Crippen LogP contribution in [0.3, 0.4) is 0 Å². The molecule has 0 aromatic heterocycles. The van der Waals surface area contributed by atoms with Crippen LogP contribution in [0.15, 0.2) is 36.4 Å². The first-order chi connectivity index (χ1) is 15.0. The van der Waals surface area contributed by atoms with Crippen LogP contribution in [0.2, 0.25) is 0 Å². The summed E-state index contributed by atoms with van der Waals surface area (Å²) in [5, 5.41) is 0. The van der Waals surface area contributed by atoms with Gasteiger partial charge < -0.3 is 0 Å². The molecule has 2 aliphatic carbocycles. The van der Waals surface area contributed by atoms with Gasteiger partial charge in [-0.25, -0.2) is 13.2 Å². The number of aryl methyl sites for hydroxylation is 1. The molecule has 1 saturated carbocycles. The molecule has 1 atom stereocenters. The molecule has 2 aliphatic rings. The van der Waals surface area contributed by atoms with Gasteiger partial charge >= 0.3 is 0 Å². The molecule has 0 spiro atoms. The molecule has 2 aromatic rings. The zero-order valence-corrected chi connectivity index (χ0v) is 18.7. The van der Waals surface area contributed by atoms with Crippen molar-refractivity contribution in [1.29, 1.82) is 0 Å². The van der Waals surface area contributed by atoms with E-state index in [1.807, 2.05) is 6.92 Å². The molecular formula is C28H33F3. The van der Waals surface area contributed by atoms with E-state index >= 15 is 0 Å². The van der Waals surface area contributed by atoms with Crippen molar-refractivity contribution >= 4 is 5.57 Å². The Morgan fingerprint density at radius 2 is 1.58 bits per heavy atom. The molecule has 0 bridgehead atoms. The molecular weight excluding hydrogens is 393 g/mol. The van der Waals surface area contributed by atoms with Crippen molar-refractivity contribution in [3.05, 3.63) is 65.0 Å². The minimum atomic E-state index is -0.889. The fourth-order valence-corrected chi connectivity index (χ4v) is 5.50. The standard InChI is InChI=1S/C28H33F3/c1-3-4-22-13-16-25(28(31)27(22)30)23-14-15-24(26(29)17-23)21-11-9-20(10-12-21)19-7-5-18(2)6-8-19/h11,13-20H,3-10,12H2,1-2H3. The molecule has 0 saturated heterocycles. The minimum absolute atomic E-state index is 0.118. The van der Waals surface area contributed by atoms with Gasteiger partial charge in [-0.15, -0.1) is 0 Å². The Balaban J connectivity index is 1.50. The number of rotatable bonds is 5. The SMILES string of the molecule is CCCc1ccc(-c2ccc(C3=CCC(C4CCC(C)CC4)CC3)c(F)c2)c(F)c1F. The number of benzene rings is 2. The summed E-state index contributed by atoms with van der Waals surface area (Å²) in [5.74, 6) is 0.333. The second-order valence-corrected chi connectivity index (χ2v) is 9.63. The molecule has 166 valence electrons. The number of allylic oxidation sites excluding steroid dienone is 2. The van der Waals surface area contributed by atoms with Crippen molar-refractivity contribution in [1.82, 2.24) is 0 Å². The van der Waals surface area contributed by atoms with Gasteiger partial charge in [0, 0.05) is 11.1 Å². The van der Waals surface area contributed by atoms with E-state index in [1.165, 1.54) is 31.7 Å². The Morgan fingerprint density at radius 3 is 2.23 bits per heavy atom. The normalized spacial score (nSPS) is 24.2. The Labute approximate surface area is 184 Å². The van der Waals surface area contributed by atoms with Gasteiger partial charge in [-0.1, -0.05) is 63.5 Å². The minimum Gasteiger partial charge on any atom is -0.206 e. The van der Waals surface area contributed by atoms with Crippen LogP contribution in [0.1, 0.15) is 76.3 Å². The summed E-state index contributed by atoms with van der Waals surface area (Å²) in [7, 11) is 0. The predicted octanol–water partition coefficient (Wildman–Crippen LogP) is 8.73. The van der Waals surface area contributed by atoms with Gasteiger partial charge in [0.2, 0.25) is 0 Å². The van der Waals surface area contributed by atoms with Gasteiger partial charge in [0.15, 0.2) is 11.6 Å². The van der Waals surface area contributed by atoms with E-state index in [4.69, 9.17) is 0 Å². The lowest BCUT2D eigenvalue weighted by Crippen LogP contribution is -2.22. The van der Waals surface area contributed by atoms with Crippen LogP contribution >= 0.6 is 0 Å². The molecule has 0 heterocycles. The summed E-state index contributed by atoms with van der Waals surface area (Å²) in [6.07, 6.45) is 11.8. The highest BCUT2D eigenvalue weighted by Gasteiger charge is 2.28. The number of hydrogen-bond donors (Lipinski definition) is 0. The maximum atomic E-state index is 15.0. The highest BCUT2D eigenvalue weighted by molar-refractivity contribution is 5.72. The monoisotopic (exact) mass is 426 g/mol. The van der Waals surface area contributed by atoms with Gasteiger partial charge in [0.25, 0.3) is 0 Å². The molecule has 3 heteroatoms. The lowest BCUT2D eigenvalue weighted by Gasteiger charge is -2.34. The van der Waals surface area contributed by atoms with Crippen LogP contribution in [0.4, 0.5) is 13.2 Å². The first-order valence-corrected chi connectivity index (χ1v) is 11.9. The molecule has 1 fully saturated rings. The highest BCUT2D eigenvalue weighted by atomic mass is 19.2. The van der Waals surface area contributed by atoms with Crippen molar-refractivity contribution in [2.45, 2.75) is 71.6 Å². The Bertz CT molecular complexity index is 951. The average molecular weight is 427 g/mol. The molecule has 2 aromatic carbocycles. The van der Waals surface area contributed by atoms with Crippen LogP contribution in [0.5, 0.6) is 0 Å². The zero-order chi connectivity index (χ0) is 22.0. The molecule has 0 nitrogen and oxygen atoms in total. The second kappa shape index (κ2) is 9.63. The molecule has 0 amide bonds. The molecule has 4 rings (SSSR count). The van der Waals surface area contributed by atoms with Crippen LogP contribution in [-0.2, 0) is 6.42 Å². The Kier molecular flexibility index (Phi) is 6.89. The third-order valence-corrected chi connectivity index (χ3v) is 7.49. The van der Waals surface area contributed by atoms with Crippen LogP contribution in [0.25, 0.3) is 16.7 Å². The van der Waals surface area contributed by atoms with Gasteiger partial charge in [0.1, 0.15) is 5.82 Å². The molecule has 0 radical (unpaired) electrons. The summed E-state index contributed by atoms with van der Waals surface area (Å²) in [6, 6.07) is 7.97. The van der Waals surface area contributed by atoms with Gasteiger partial charge in [-0.2, -0.15) is 0 Å². The first kappa shape index (κ1) is 22.2. The Hall–Kier alpha value is -2.03. The van der Waals surface area contributed by atoms with E-state index in [9.17, 15) is 13.2 Å². The van der Waals surface area contributed by atoms with Crippen molar-refractivity contribution in [2.24, 2.45) is 17.8 Å². The first-order valence-electron chi connectivity index (χ1n) is 11.9. The fraction of sp³-hybridized carbons (Fsp3) is 0.500. The second-order valence-electron chi connectivity index (χ2n) is 9.63. The van der Waals surface area contributed by atoms with Crippen LogP contribution < -0.4 is 0 Å². The number of halogens is 3. The van der Waals surface area contributed by atoms with Gasteiger partial charge in [0.05, 0.1) is 0 Å². The third-order valence-electron chi connectivity index (χ3n) is 7.49. The van der Waals surface area contributed by atoms with Crippen molar-refractivity contribution in [3.8, 4) is 11.1 Å². The molecule has 1 unspecified atom stereocenters. The third kappa shape index (κ3) is 4.76. The lowest BCUT2D eigenvalue weighted by molar-refractivity contribution is 0.202. The van der Waals surface area contributed by atoms with E-state index in [0.717, 1.165) is 49.0 Å². The summed E-state index contributed by atoms with van der Waals surface area (Å²) in [4.78, 5) is 0. The molecule has 31 heavy (non-hydrogen) atoms. The summed E-state index contributed by atoms with van der Waals surface area (Å²) in [6.45, 7) is 4.28. The van der Waals surface area contributed by atoms with E-state index in [0.29, 0.717) is 23.1 Å². The average Bonchev–Trinajstić information content (AvgIpc) is 2.78. The van der Waals surface area contributed by atoms with Crippen molar-refractivity contribution < 1.29 is 13.2 Å². The zero-order valence-electron chi connectivity index (χ0n) is 18.7.